The summed E-state index contributed by atoms with van der Waals surface area (Å²) in [5.41, 5.74) is 0. The van der Waals surface area contributed by atoms with Crippen LogP contribution >= 0.6 is 24.0 Å². The van der Waals surface area contributed by atoms with E-state index >= 15 is 0 Å². The highest BCUT2D eigenvalue weighted by Gasteiger charge is 2.23. The normalized spacial score (nSPS) is 21.4. The van der Waals surface area contributed by atoms with Gasteiger partial charge in [0.05, 0.1) is 12.6 Å². The molecule has 11 heteroatoms. The zero-order valence-electron chi connectivity index (χ0n) is 17.1. The van der Waals surface area contributed by atoms with Gasteiger partial charge < -0.3 is 19.9 Å². The number of likely N-dealkylation sites (tertiary alicyclic amines) is 1. The summed E-state index contributed by atoms with van der Waals surface area (Å²) in [4.78, 5) is 6.49. The van der Waals surface area contributed by atoms with E-state index in [1.807, 2.05) is 23.4 Å². The smallest absolute Gasteiger partial charge is 0.251 e. The molecule has 2 fully saturated rings. The maximum Gasteiger partial charge on any atom is 0.251 e. The second-order valence-corrected chi connectivity index (χ2v) is 7.51. The van der Waals surface area contributed by atoms with Gasteiger partial charge >= 0.3 is 0 Å². The molecule has 3 rings (SSSR count). The topological polar surface area (TPSA) is 79.6 Å². The molecule has 0 spiro atoms. The lowest BCUT2D eigenvalue weighted by Crippen LogP contribution is -2.50. The molecule has 0 aliphatic carbocycles. The monoisotopic (exact) mass is 527 g/mol. The quantitative estimate of drug-likeness (QED) is 0.319. The minimum Gasteiger partial charge on any atom is -0.376 e. The molecule has 0 saturated carbocycles. The van der Waals surface area contributed by atoms with Gasteiger partial charge in [-0.15, -0.1) is 34.2 Å². The predicted molar refractivity (Wildman–Crippen MR) is 118 cm³/mol. The predicted octanol–water partition coefficient (Wildman–Crippen LogP) is 1.69. The first kappa shape index (κ1) is 24.2. The lowest BCUT2D eigenvalue weighted by Gasteiger charge is -2.33. The average molecular weight is 527 g/mol. The van der Waals surface area contributed by atoms with E-state index in [2.05, 4.69) is 25.8 Å². The first-order valence-electron chi connectivity index (χ1n) is 10.0. The number of piperidine rings is 1. The molecule has 8 nitrogen and oxygen atoms in total. The van der Waals surface area contributed by atoms with Crippen LogP contribution in [0.5, 0.6) is 0 Å². The molecule has 1 unspecified atom stereocenters. The molecule has 0 bridgehead atoms. The molecular weight excluding hydrogens is 495 g/mol. The first-order chi connectivity index (χ1) is 13.5. The van der Waals surface area contributed by atoms with Crippen molar-refractivity contribution in [1.82, 2.24) is 30.3 Å². The van der Waals surface area contributed by atoms with Crippen LogP contribution in [-0.4, -0.2) is 77.0 Å². The van der Waals surface area contributed by atoms with E-state index in [1.165, 1.54) is 0 Å². The van der Waals surface area contributed by atoms with Crippen LogP contribution in [-0.2, 0) is 18.3 Å². The van der Waals surface area contributed by atoms with Crippen LogP contribution in [0.4, 0.5) is 8.78 Å². The van der Waals surface area contributed by atoms with Gasteiger partial charge in [0.2, 0.25) is 0 Å². The molecule has 2 aliphatic rings. The molecule has 0 aromatic carbocycles. The fraction of sp³-hybridized carbons (Fsp3) is 0.833. The van der Waals surface area contributed by atoms with Crippen molar-refractivity contribution in [3.05, 3.63) is 11.6 Å². The SMILES string of the molecule is Cc1nnc(CN=C(NCC2CCCO2)NC2CCN(CC(F)F)CC2)n1C.I. The number of aromatic nitrogens is 3. The second-order valence-electron chi connectivity index (χ2n) is 7.51. The van der Waals surface area contributed by atoms with Gasteiger partial charge in [-0.2, -0.15) is 0 Å². The van der Waals surface area contributed by atoms with Gasteiger partial charge in [0.1, 0.15) is 12.4 Å². The van der Waals surface area contributed by atoms with Crippen molar-refractivity contribution in [1.29, 1.82) is 0 Å². The highest BCUT2D eigenvalue weighted by Crippen LogP contribution is 2.13. The van der Waals surface area contributed by atoms with Crippen LogP contribution in [0.25, 0.3) is 0 Å². The van der Waals surface area contributed by atoms with Gasteiger partial charge in [-0.3, -0.25) is 4.90 Å². The Balaban J connectivity index is 0.00000300. The first-order valence-corrected chi connectivity index (χ1v) is 10.0. The van der Waals surface area contributed by atoms with Crippen molar-refractivity contribution >= 4 is 29.9 Å². The van der Waals surface area contributed by atoms with Crippen molar-refractivity contribution in [2.24, 2.45) is 12.0 Å². The van der Waals surface area contributed by atoms with Crippen LogP contribution in [0, 0.1) is 6.92 Å². The van der Waals surface area contributed by atoms with E-state index in [0.717, 1.165) is 43.9 Å². The minimum absolute atomic E-state index is 0. The Hall–Kier alpha value is -1.08. The molecule has 2 N–H and O–H groups in total. The Bertz CT molecular complexity index is 644. The molecule has 1 aromatic heterocycles. The largest absolute Gasteiger partial charge is 0.376 e. The summed E-state index contributed by atoms with van der Waals surface area (Å²) < 4.78 is 32.7. The third-order valence-corrected chi connectivity index (χ3v) is 5.41. The fourth-order valence-electron chi connectivity index (χ4n) is 3.56. The maximum atomic E-state index is 12.6. The number of hydrogen-bond acceptors (Lipinski definition) is 5. The Morgan fingerprint density at radius 2 is 2.03 bits per heavy atom. The van der Waals surface area contributed by atoms with E-state index in [0.29, 0.717) is 32.1 Å². The van der Waals surface area contributed by atoms with Crippen molar-refractivity contribution < 1.29 is 13.5 Å². The Morgan fingerprint density at radius 3 is 2.62 bits per heavy atom. The molecule has 2 aliphatic heterocycles. The molecule has 166 valence electrons. The van der Waals surface area contributed by atoms with Crippen LogP contribution in [0.3, 0.4) is 0 Å². The second kappa shape index (κ2) is 11.9. The summed E-state index contributed by atoms with van der Waals surface area (Å²) >= 11 is 0. The van der Waals surface area contributed by atoms with Crippen molar-refractivity contribution in [3.8, 4) is 0 Å². The molecule has 0 radical (unpaired) electrons. The van der Waals surface area contributed by atoms with Gasteiger partial charge in [0.15, 0.2) is 11.8 Å². The number of alkyl halides is 2. The number of rotatable bonds is 7. The van der Waals surface area contributed by atoms with Gasteiger partial charge in [0, 0.05) is 39.3 Å². The number of ether oxygens (including phenoxy) is 1. The summed E-state index contributed by atoms with van der Waals surface area (Å²) in [6.45, 7) is 5.04. The van der Waals surface area contributed by atoms with Crippen molar-refractivity contribution in [3.63, 3.8) is 0 Å². The molecule has 2 saturated heterocycles. The van der Waals surface area contributed by atoms with Crippen LogP contribution in [0.15, 0.2) is 4.99 Å². The number of guanidine groups is 1. The number of aryl methyl sites for hydroxylation is 1. The molecule has 3 heterocycles. The Labute approximate surface area is 187 Å². The molecular formula is C18H32F2IN7O. The van der Waals surface area contributed by atoms with Crippen LogP contribution in [0.2, 0.25) is 0 Å². The van der Waals surface area contributed by atoms with Gasteiger partial charge in [-0.1, -0.05) is 0 Å². The third kappa shape index (κ3) is 7.59. The lowest BCUT2D eigenvalue weighted by molar-refractivity contribution is 0.0744. The fourth-order valence-corrected chi connectivity index (χ4v) is 3.56. The van der Waals surface area contributed by atoms with Crippen LogP contribution < -0.4 is 10.6 Å². The highest BCUT2D eigenvalue weighted by molar-refractivity contribution is 14.0. The van der Waals surface area contributed by atoms with Gasteiger partial charge in [0.25, 0.3) is 6.43 Å². The average Bonchev–Trinajstić information content (AvgIpc) is 3.30. The number of aliphatic imine (C=N–C) groups is 1. The summed E-state index contributed by atoms with van der Waals surface area (Å²) in [7, 11) is 1.92. The van der Waals surface area contributed by atoms with E-state index in [1.54, 1.807) is 0 Å². The zero-order chi connectivity index (χ0) is 19.9. The summed E-state index contributed by atoms with van der Waals surface area (Å²) in [6.07, 6.45) is 1.70. The summed E-state index contributed by atoms with van der Waals surface area (Å²) in [5, 5.41) is 15.1. The molecule has 29 heavy (non-hydrogen) atoms. The maximum absolute atomic E-state index is 12.6. The minimum atomic E-state index is -2.27. The third-order valence-electron chi connectivity index (χ3n) is 5.41. The van der Waals surface area contributed by atoms with Crippen molar-refractivity contribution in [2.75, 3.05) is 32.8 Å². The lowest BCUT2D eigenvalue weighted by atomic mass is 10.1. The number of nitrogens with one attached hydrogen (secondary N) is 2. The summed E-state index contributed by atoms with van der Waals surface area (Å²) in [5.74, 6) is 2.35. The van der Waals surface area contributed by atoms with E-state index in [9.17, 15) is 8.78 Å². The molecule has 1 aromatic rings. The van der Waals surface area contributed by atoms with Gasteiger partial charge in [-0.25, -0.2) is 13.8 Å². The number of halogens is 3. The van der Waals surface area contributed by atoms with E-state index in [-0.39, 0.29) is 42.7 Å². The van der Waals surface area contributed by atoms with E-state index in [4.69, 9.17) is 4.74 Å². The van der Waals surface area contributed by atoms with Crippen LogP contribution in [0.1, 0.15) is 37.3 Å². The Kier molecular flexibility index (Phi) is 9.96. The number of hydrogen-bond donors (Lipinski definition) is 2. The molecule has 0 amide bonds. The Morgan fingerprint density at radius 1 is 1.28 bits per heavy atom. The van der Waals surface area contributed by atoms with E-state index < -0.39 is 6.43 Å². The highest BCUT2D eigenvalue weighted by atomic mass is 127. The van der Waals surface area contributed by atoms with Crippen molar-refractivity contribution in [2.45, 2.75) is 57.7 Å². The number of nitrogens with zero attached hydrogens (tertiary/aromatic N) is 5. The summed E-state index contributed by atoms with van der Waals surface area (Å²) in [6, 6.07) is 0.214. The standard InChI is InChI=1S/C18H31F2N7O.HI/c1-13-24-25-17(26(13)2)11-22-18(21-10-15-4-3-9-28-15)23-14-5-7-27(8-6-14)12-16(19)20;/h14-16H,3-12H2,1-2H3,(H2,21,22,23);1H. The molecule has 1 atom stereocenters. The zero-order valence-corrected chi connectivity index (χ0v) is 19.4. The van der Waals surface area contributed by atoms with Gasteiger partial charge in [-0.05, 0) is 32.6 Å².